The Kier molecular flexibility index (Phi) is 3.85. The third-order valence-electron chi connectivity index (χ3n) is 2.95. The van der Waals surface area contributed by atoms with Crippen molar-refractivity contribution in [3.05, 3.63) is 51.9 Å². The van der Waals surface area contributed by atoms with Crippen LogP contribution in [-0.2, 0) is 5.75 Å². The summed E-state index contributed by atoms with van der Waals surface area (Å²) >= 11 is 2.98. The normalized spacial score (nSPS) is 10.9. The molecular weight excluding hydrogens is 306 g/mol. The lowest BCUT2D eigenvalue weighted by Crippen LogP contribution is -2.12. The molecule has 0 saturated carbocycles. The average Bonchev–Trinajstić information content (AvgIpc) is 2.95. The monoisotopic (exact) mass is 319 g/mol. The first-order valence-corrected chi connectivity index (χ1v) is 8.06. The lowest BCUT2D eigenvalue weighted by molar-refractivity contribution is 0.414. The van der Waals surface area contributed by atoms with Gasteiger partial charge in [0.05, 0.1) is 12.8 Å². The lowest BCUT2D eigenvalue weighted by Gasteiger charge is -2.07. The molecule has 0 saturated heterocycles. The van der Waals surface area contributed by atoms with Gasteiger partial charge in [-0.1, -0.05) is 0 Å². The van der Waals surface area contributed by atoms with Gasteiger partial charge < -0.3 is 10.5 Å². The van der Waals surface area contributed by atoms with E-state index in [4.69, 9.17) is 10.5 Å². The zero-order chi connectivity index (χ0) is 14.8. The number of nitrogens with zero attached hydrogens (tertiary/aromatic N) is 2. The van der Waals surface area contributed by atoms with Crippen LogP contribution in [0.15, 0.2) is 45.5 Å². The number of aromatic nitrogens is 2. The Bertz CT molecular complexity index is 842. The molecule has 0 radical (unpaired) electrons. The van der Waals surface area contributed by atoms with Gasteiger partial charge in [0.25, 0.3) is 5.56 Å². The van der Waals surface area contributed by atoms with Gasteiger partial charge in [0.1, 0.15) is 5.75 Å². The van der Waals surface area contributed by atoms with E-state index in [1.165, 1.54) is 23.1 Å². The lowest BCUT2D eigenvalue weighted by atomic mass is 10.3. The Morgan fingerprint density at radius 1 is 1.43 bits per heavy atom. The maximum Gasteiger partial charge on any atom is 0.258 e. The molecule has 2 aromatic heterocycles. The van der Waals surface area contributed by atoms with Crippen LogP contribution in [0.1, 0.15) is 5.69 Å². The van der Waals surface area contributed by atoms with Gasteiger partial charge in [0.2, 0.25) is 0 Å². The molecule has 0 unspecified atom stereocenters. The van der Waals surface area contributed by atoms with Crippen molar-refractivity contribution in [1.82, 2.24) is 9.38 Å². The van der Waals surface area contributed by atoms with Crippen LogP contribution in [0.25, 0.3) is 4.96 Å². The molecule has 0 spiro atoms. The second kappa shape index (κ2) is 5.79. The second-order valence-electron chi connectivity index (χ2n) is 4.33. The predicted molar refractivity (Wildman–Crippen MR) is 86.3 cm³/mol. The summed E-state index contributed by atoms with van der Waals surface area (Å²) in [6.07, 6.45) is 1.73. The number of thiazole rings is 1. The fourth-order valence-corrected chi connectivity index (χ4v) is 3.50. The Hall–Kier alpha value is -1.99. The zero-order valence-electron chi connectivity index (χ0n) is 11.3. The number of benzene rings is 1. The number of methoxy groups -OCH3 is 1. The molecule has 5 nitrogen and oxygen atoms in total. The SMILES string of the molecule is COc1ccc(N)c(SCc2cc(=O)n3ccsc3n2)c1. The van der Waals surface area contributed by atoms with E-state index in [9.17, 15) is 4.79 Å². The van der Waals surface area contributed by atoms with E-state index in [1.54, 1.807) is 23.8 Å². The van der Waals surface area contributed by atoms with Gasteiger partial charge in [-0.05, 0) is 18.2 Å². The highest BCUT2D eigenvalue weighted by atomic mass is 32.2. The smallest absolute Gasteiger partial charge is 0.258 e. The number of nitrogen functional groups attached to an aromatic ring is 1. The number of anilines is 1. The fourth-order valence-electron chi connectivity index (χ4n) is 1.88. The molecule has 1 aromatic carbocycles. The Labute approximate surface area is 129 Å². The van der Waals surface area contributed by atoms with E-state index in [2.05, 4.69) is 4.98 Å². The van der Waals surface area contributed by atoms with E-state index in [0.29, 0.717) is 16.4 Å². The largest absolute Gasteiger partial charge is 0.497 e. The summed E-state index contributed by atoms with van der Waals surface area (Å²) in [6.45, 7) is 0. The molecule has 0 aliphatic carbocycles. The molecule has 0 bridgehead atoms. The number of hydrogen-bond acceptors (Lipinski definition) is 6. The number of rotatable bonds is 4. The van der Waals surface area contributed by atoms with Crippen LogP contribution < -0.4 is 16.0 Å². The van der Waals surface area contributed by atoms with E-state index in [0.717, 1.165) is 16.3 Å². The minimum Gasteiger partial charge on any atom is -0.497 e. The highest BCUT2D eigenvalue weighted by molar-refractivity contribution is 7.98. The van der Waals surface area contributed by atoms with Crippen molar-refractivity contribution in [1.29, 1.82) is 0 Å². The third-order valence-corrected chi connectivity index (χ3v) is 4.81. The van der Waals surface area contributed by atoms with Gasteiger partial charge in [0.15, 0.2) is 4.96 Å². The molecular formula is C14H13N3O2S2. The molecule has 0 aliphatic rings. The maximum atomic E-state index is 11.9. The minimum absolute atomic E-state index is 0.0598. The van der Waals surface area contributed by atoms with Crippen LogP contribution in [0.5, 0.6) is 5.75 Å². The van der Waals surface area contributed by atoms with Crippen LogP contribution in [0.3, 0.4) is 0 Å². The van der Waals surface area contributed by atoms with E-state index >= 15 is 0 Å². The first-order chi connectivity index (χ1) is 10.2. The van der Waals surface area contributed by atoms with E-state index in [1.807, 2.05) is 23.6 Å². The molecule has 7 heteroatoms. The number of ether oxygens (including phenoxy) is 1. The van der Waals surface area contributed by atoms with Crippen molar-refractivity contribution in [2.45, 2.75) is 10.6 Å². The molecule has 0 atom stereocenters. The van der Waals surface area contributed by atoms with Crippen molar-refractivity contribution in [2.24, 2.45) is 0 Å². The summed E-state index contributed by atoms with van der Waals surface area (Å²) in [5, 5.41) is 1.85. The van der Waals surface area contributed by atoms with Gasteiger partial charge in [-0.15, -0.1) is 23.1 Å². The van der Waals surface area contributed by atoms with Gasteiger partial charge in [0, 0.05) is 34.0 Å². The molecule has 3 aromatic rings. The summed E-state index contributed by atoms with van der Waals surface area (Å²) < 4.78 is 6.73. The Morgan fingerprint density at radius 2 is 2.29 bits per heavy atom. The van der Waals surface area contributed by atoms with Crippen LogP contribution in [0.2, 0.25) is 0 Å². The van der Waals surface area contributed by atoms with Crippen molar-refractivity contribution < 1.29 is 4.74 Å². The molecule has 21 heavy (non-hydrogen) atoms. The van der Waals surface area contributed by atoms with Crippen LogP contribution in [0.4, 0.5) is 5.69 Å². The summed E-state index contributed by atoms with van der Waals surface area (Å²) in [4.78, 5) is 18.0. The summed E-state index contributed by atoms with van der Waals surface area (Å²) in [6, 6.07) is 7.08. The molecule has 2 heterocycles. The van der Waals surface area contributed by atoms with Crippen molar-refractivity contribution in [3.63, 3.8) is 0 Å². The quantitative estimate of drug-likeness (QED) is 0.591. The zero-order valence-corrected chi connectivity index (χ0v) is 12.9. The van der Waals surface area contributed by atoms with Crippen LogP contribution in [0, 0.1) is 0 Å². The molecule has 0 fully saturated rings. The molecule has 2 N–H and O–H groups in total. The van der Waals surface area contributed by atoms with Crippen LogP contribution >= 0.6 is 23.1 Å². The van der Waals surface area contributed by atoms with E-state index in [-0.39, 0.29) is 5.56 Å². The first kappa shape index (κ1) is 14.0. The molecule has 0 amide bonds. The molecule has 3 rings (SSSR count). The topological polar surface area (TPSA) is 69.6 Å². The molecule has 0 aliphatic heterocycles. The number of fused-ring (bicyclic) bond motifs is 1. The van der Waals surface area contributed by atoms with Crippen LogP contribution in [-0.4, -0.2) is 16.5 Å². The molecule has 108 valence electrons. The Balaban J connectivity index is 1.84. The number of hydrogen-bond donors (Lipinski definition) is 1. The maximum absolute atomic E-state index is 11.9. The van der Waals surface area contributed by atoms with Gasteiger partial charge >= 0.3 is 0 Å². The van der Waals surface area contributed by atoms with Gasteiger partial charge in [-0.25, -0.2) is 4.98 Å². The Morgan fingerprint density at radius 3 is 3.10 bits per heavy atom. The van der Waals surface area contributed by atoms with Gasteiger partial charge in [-0.2, -0.15) is 0 Å². The average molecular weight is 319 g/mol. The number of thioether (sulfide) groups is 1. The van der Waals surface area contributed by atoms with Gasteiger partial charge in [-0.3, -0.25) is 9.20 Å². The second-order valence-corrected chi connectivity index (χ2v) is 6.22. The van der Waals surface area contributed by atoms with Crippen molar-refractivity contribution in [2.75, 3.05) is 12.8 Å². The predicted octanol–water partition coefficient (Wildman–Crippen LogP) is 2.64. The van der Waals surface area contributed by atoms with E-state index < -0.39 is 0 Å². The summed E-state index contributed by atoms with van der Waals surface area (Å²) in [5.41, 5.74) is 7.33. The highest BCUT2D eigenvalue weighted by Gasteiger charge is 2.07. The van der Waals surface area contributed by atoms with Crippen molar-refractivity contribution >= 4 is 33.7 Å². The number of nitrogens with two attached hydrogens (primary N) is 1. The van der Waals surface area contributed by atoms with Crippen molar-refractivity contribution in [3.8, 4) is 5.75 Å². The first-order valence-electron chi connectivity index (χ1n) is 6.19. The highest BCUT2D eigenvalue weighted by Crippen LogP contribution is 2.31. The fraction of sp³-hybridized carbons (Fsp3) is 0.143. The summed E-state index contributed by atoms with van der Waals surface area (Å²) in [5.74, 6) is 1.34. The third kappa shape index (κ3) is 2.88. The summed E-state index contributed by atoms with van der Waals surface area (Å²) in [7, 11) is 1.62. The minimum atomic E-state index is -0.0598. The standard InChI is InChI=1S/C14H13N3O2S2/c1-19-10-2-3-11(15)12(7-10)21-8-9-6-13(18)17-4-5-20-14(17)16-9/h2-7H,8,15H2,1H3.